The third kappa shape index (κ3) is 2.76. The van der Waals surface area contributed by atoms with Crippen molar-refractivity contribution in [3.8, 4) is 5.75 Å². The maximum atomic E-state index is 12.3. The van der Waals surface area contributed by atoms with E-state index in [1.807, 2.05) is 0 Å². The molecular weight excluding hydrogens is 232 g/mol. The number of aliphatic carboxylic acids is 1. The molecule has 0 amide bonds. The van der Waals surface area contributed by atoms with Gasteiger partial charge in [0, 0.05) is 0 Å². The van der Waals surface area contributed by atoms with Crippen molar-refractivity contribution in [1.29, 1.82) is 0 Å². The minimum absolute atomic E-state index is 0.278. The molecule has 0 aliphatic heterocycles. The molecule has 7 heteroatoms. The van der Waals surface area contributed by atoms with Gasteiger partial charge in [-0.3, -0.25) is 4.79 Å². The summed E-state index contributed by atoms with van der Waals surface area (Å²) in [6.45, 7) is 0. The van der Waals surface area contributed by atoms with Crippen LogP contribution in [0.2, 0.25) is 5.15 Å². The lowest BCUT2D eigenvalue weighted by molar-refractivity contribution is -0.136. The number of nitrogens with zero attached hydrogens (tertiary/aromatic N) is 1. The van der Waals surface area contributed by atoms with Crippen molar-refractivity contribution in [1.82, 2.24) is 4.98 Å². The van der Waals surface area contributed by atoms with Crippen LogP contribution in [0.15, 0.2) is 6.07 Å². The normalized spacial score (nSPS) is 10.7. The van der Waals surface area contributed by atoms with Crippen molar-refractivity contribution in [2.45, 2.75) is 12.8 Å². The molecule has 0 fully saturated rings. The van der Waals surface area contributed by atoms with Crippen molar-refractivity contribution in [2.75, 3.05) is 0 Å². The molecule has 0 saturated heterocycles. The average molecular weight is 238 g/mol. The molecule has 0 unspecified atom stereocenters. The first kappa shape index (κ1) is 11.6. The van der Waals surface area contributed by atoms with Crippen LogP contribution in [0.5, 0.6) is 5.75 Å². The van der Waals surface area contributed by atoms with Crippen molar-refractivity contribution in [3.05, 3.63) is 22.5 Å². The van der Waals surface area contributed by atoms with Gasteiger partial charge >= 0.3 is 5.97 Å². The lowest BCUT2D eigenvalue weighted by atomic mass is 10.1. The summed E-state index contributed by atoms with van der Waals surface area (Å²) in [6, 6.07) is 0.799. The molecule has 2 N–H and O–H groups in total. The molecule has 1 rings (SSSR count). The molecule has 0 saturated carbocycles. The summed E-state index contributed by atoms with van der Waals surface area (Å²) in [7, 11) is 0. The fourth-order valence-electron chi connectivity index (χ4n) is 1.01. The number of hydrogen-bond donors (Lipinski definition) is 2. The molecule has 4 nitrogen and oxygen atoms in total. The zero-order valence-electron chi connectivity index (χ0n) is 7.25. The Labute approximate surface area is 88.1 Å². The van der Waals surface area contributed by atoms with Crippen LogP contribution in [0.3, 0.4) is 0 Å². The highest BCUT2D eigenvalue weighted by Gasteiger charge is 2.19. The maximum absolute atomic E-state index is 12.3. The summed E-state index contributed by atoms with van der Waals surface area (Å²) in [5.41, 5.74) is -1.09. The molecule has 1 aromatic rings. The number of aromatic nitrogens is 1. The molecule has 1 aromatic heterocycles. The van der Waals surface area contributed by atoms with Gasteiger partial charge < -0.3 is 10.2 Å². The van der Waals surface area contributed by atoms with Gasteiger partial charge in [-0.15, -0.1) is 0 Å². The lowest BCUT2D eigenvalue weighted by Crippen LogP contribution is -2.04. The Morgan fingerprint density at radius 3 is 2.67 bits per heavy atom. The minimum atomic E-state index is -2.93. The van der Waals surface area contributed by atoms with Crippen molar-refractivity contribution >= 4 is 17.6 Å². The van der Waals surface area contributed by atoms with Gasteiger partial charge in [0.15, 0.2) is 0 Å². The Hall–Kier alpha value is -1.43. The van der Waals surface area contributed by atoms with Gasteiger partial charge in [-0.05, 0) is 6.07 Å². The summed E-state index contributed by atoms with van der Waals surface area (Å²) in [5, 5.41) is 17.4. The van der Waals surface area contributed by atoms with E-state index >= 15 is 0 Å². The van der Waals surface area contributed by atoms with Gasteiger partial charge in [0.2, 0.25) is 0 Å². The predicted molar refractivity (Wildman–Crippen MR) is 47.2 cm³/mol. The number of rotatable bonds is 3. The largest absolute Gasteiger partial charge is 0.506 e. The van der Waals surface area contributed by atoms with Crippen LogP contribution in [0.4, 0.5) is 8.78 Å². The Morgan fingerprint density at radius 2 is 2.20 bits per heavy atom. The van der Waals surface area contributed by atoms with Crippen molar-refractivity contribution < 1.29 is 23.8 Å². The van der Waals surface area contributed by atoms with Gasteiger partial charge in [-0.25, -0.2) is 13.8 Å². The molecule has 0 spiro atoms. The number of alkyl halides is 2. The molecule has 0 atom stereocenters. The average Bonchev–Trinajstić information content (AvgIpc) is 2.09. The molecule has 0 aromatic carbocycles. The lowest BCUT2D eigenvalue weighted by Gasteiger charge is -2.07. The number of pyridine rings is 1. The van der Waals surface area contributed by atoms with E-state index in [2.05, 4.69) is 4.98 Å². The molecular formula is C8H6ClF2NO3. The Balaban J connectivity index is 3.21. The van der Waals surface area contributed by atoms with Crippen LogP contribution in [0.1, 0.15) is 17.7 Å². The standard InChI is InChI=1S/C8H6ClF2NO3/c9-5-1-3(8(10)11)7(15)4(12-5)2-6(13)14/h1,8,15H,2H2,(H,13,14). The molecule has 1 heterocycles. The van der Waals surface area contributed by atoms with Gasteiger partial charge in [-0.1, -0.05) is 11.6 Å². The van der Waals surface area contributed by atoms with E-state index in [9.17, 15) is 18.7 Å². The summed E-state index contributed by atoms with van der Waals surface area (Å²) in [5.74, 6) is -2.11. The topological polar surface area (TPSA) is 70.4 Å². The SMILES string of the molecule is O=C(O)Cc1nc(Cl)cc(C(F)F)c1O. The first-order valence-electron chi connectivity index (χ1n) is 3.80. The van der Waals surface area contributed by atoms with Crippen LogP contribution in [0.25, 0.3) is 0 Å². The van der Waals surface area contributed by atoms with E-state index in [-0.39, 0.29) is 10.8 Å². The van der Waals surface area contributed by atoms with E-state index in [4.69, 9.17) is 16.7 Å². The summed E-state index contributed by atoms with van der Waals surface area (Å²) in [4.78, 5) is 13.8. The van der Waals surface area contributed by atoms with Gasteiger partial charge in [0.25, 0.3) is 6.43 Å². The number of carboxylic acids is 1. The molecule has 0 aliphatic rings. The Morgan fingerprint density at radius 1 is 1.60 bits per heavy atom. The zero-order chi connectivity index (χ0) is 11.6. The minimum Gasteiger partial charge on any atom is -0.506 e. The van der Waals surface area contributed by atoms with Crippen molar-refractivity contribution in [3.63, 3.8) is 0 Å². The van der Waals surface area contributed by atoms with Crippen LogP contribution < -0.4 is 0 Å². The van der Waals surface area contributed by atoms with E-state index in [1.54, 1.807) is 0 Å². The van der Waals surface area contributed by atoms with Gasteiger partial charge in [0.1, 0.15) is 10.9 Å². The first-order valence-corrected chi connectivity index (χ1v) is 4.18. The third-order valence-corrected chi connectivity index (χ3v) is 1.81. The van der Waals surface area contributed by atoms with Crippen LogP contribution in [-0.4, -0.2) is 21.2 Å². The van der Waals surface area contributed by atoms with E-state index in [0.717, 1.165) is 6.07 Å². The molecule has 15 heavy (non-hydrogen) atoms. The van der Waals surface area contributed by atoms with Gasteiger partial charge in [0.05, 0.1) is 17.7 Å². The maximum Gasteiger partial charge on any atom is 0.309 e. The van der Waals surface area contributed by atoms with E-state index in [1.165, 1.54) is 0 Å². The summed E-state index contributed by atoms with van der Waals surface area (Å²) >= 11 is 5.40. The summed E-state index contributed by atoms with van der Waals surface area (Å²) in [6.07, 6.45) is -3.59. The number of hydrogen-bond acceptors (Lipinski definition) is 3. The second-order valence-corrected chi connectivity index (χ2v) is 3.09. The number of carbonyl (C=O) groups is 1. The highest BCUT2D eigenvalue weighted by atomic mass is 35.5. The fourth-order valence-corrected chi connectivity index (χ4v) is 1.23. The first-order chi connectivity index (χ1) is 6.91. The highest BCUT2D eigenvalue weighted by Crippen LogP contribution is 2.32. The van der Waals surface area contributed by atoms with Crippen LogP contribution >= 0.6 is 11.6 Å². The smallest absolute Gasteiger partial charge is 0.309 e. The van der Waals surface area contributed by atoms with E-state index in [0.29, 0.717) is 0 Å². The monoisotopic (exact) mass is 237 g/mol. The van der Waals surface area contributed by atoms with E-state index < -0.39 is 30.1 Å². The zero-order valence-corrected chi connectivity index (χ0v) is 8.00. The highest BCUT2D eigenvalue weighted by molar-refractivity contribution is 6.29. The van der Waals surface area contributed by atoms with Gasteiger partial charge in [-0.2, -0.15) is 0 Å². The van der Waals surface area contributed by atoms with Crippen LogP contribution in [-0.2, 0) is 11.2 Å². The van der Waals surface area contributed by atoms with Crippen molar-refractivity contribution in [2.24, 2.45) is 0 Å². The predicted octanol–water partition coefficient (Wildman–Crippen LogP) is 2.01. The number of aromatic hydroxyl groups is 1. The Kier molecular flexibility index (Phi) is 3.41. The fraction of sp³-hybridized carbons (Fsp3) is 0.250. The quantitative estimate of drug-likeness (QED) is 0.789. The molecule has 82 valence electrons. The molecule has 0 radical (unpaired) electrons. The third-order valence-electron chi connectivity index (χ3n) is 1.62. The molecule has 0 aliphatic carbocycles. The van der Waals surface area contributed by atoms with Crippen LogP contribution in [0, 0.1) is 0 Å². The molecule has 0 bridgehead atoms. The Bertz CT molecular complexity index is 398. The second kappa shape index (κ2) is 4.39. The number of carboxylic acid groups (broad SMARTS) is 1. The summed E-state index contributed by atoms with van der Waals surface area (Å²) < 4.78 is 24.7. The second-order valence-electron chi connectivity index (χ2n) is 2.70. The number of halogens is 3.